The van der Waals surface area contributed by atoms with Crippen LogP contribution in [0.5, 0.6) is 0 Å². The molecule has 0 saturated heterocycles. The van der Waals surface area contributed by atoms with Crippen LogP contribution in [0.3, 0.4) is 0 Å². The van der Waals surface area contributed by atoms with Gasteiger partial charge in [0.2, 0.25) is 0 Å². The lowest BCUT2D eigenvalue weighted by Gasteiger charge is -2.10. The molecule has 128 valence electrons. The summed E-state index contributed by atoms with van der Waals surface area (Å²) in [6, 6.07) is 5.61. The first-order chi connectivity index (χ1) is 10.8. The van der Waals surface area contributed by atoms with Crippen LogP contribution >= 0.6 is 0 Å². The normalized spacial score (nSPS) is 12.6. The summed E-state index contributed by atoms with van der Waals surface area (Å²) >= 11 is 0. The van der Waals surface area contributed by atoms with Crippen LogP contribution in [0, 0.1) is 5.92 Å². The predicted octanol–water partition coefficient (Wildman–Crippen LogP) is 0.947. The Hall–Kier alpha value is -1.93. The number of aliphatic carboxylic acids is 1. The van der Waals surface area contributed by atoms with Crippen LogP contribution in [-0.2, 0) is 19.4 Å². The van der Waals surface area contributed by atoms with Gasteiger partial charge in [-0.15, -0.1) is 0 Å². The smallest absolute Gasteiger partial charge is 0.303 e. The fourth-order valence-electron chi connectivity index (χ4n) is 1.86. The minimum absolute atomic E-state index is 0.0308. The summed E-state index contributed by atoms with van der Waals surface area (Å²) < 4.78 is 28.7. The average molecular weight is 343 g/mol. The van der Waals surface area contributed by atoms with Gasteiger partial charge in [-0.3, -0.25) is 9.59 Å². The number of carboxylic acids is 1. The summed E-state index contributed by atoms with van der Waals surface area (Å²) in [7, 11) is -2.00. The van der Waals surface area contributed by atoms with Gasteiger partial charge >= 0.3 is 5.97 Å². The summed E-state index contributed by atoms with van der Waals surface area (Å²) in [6.07, 6.45) is -0.0308. The molecule has 0 heterocycles. The van der Waals surface area contributed by atoms with E-state index in [0.29, 0.717) is 5.56 Å². The lowest BCUT2D eigenvalue weighted by Crippen LogP contribution is -2.29. The van der Waals surface area contributed by atoms with Crippen molar-refractivity contribution in [1.82, 2.24) is 5.32 Å². The second kappa shape index (κ2) is 8.64. The average Bonchev–Trinajstić information content (AvgIpc) is 2.50. The van der Waals surface area contributed by atoms with Crippen molar-refractivity contribution in [3.63, 3.8) is 0 Å². The number of carboxylic acid groups (broad SMARTS) is 1. The van der Waals surface area contributed by atoms with Crippen molar-refractivity contribution in [3.8, 4) is 0 Å². The van der Waals surface area contributed by atoms with E-state index in [2.05, 4.69) is 5.32 Å². The largest absolute Gasteiger partial charge is 0.481 e. The van der Waals surface area contributed by atoms with E-state index in [-0.39, 0.29) is 42.0 Å². The highest BCUT2D eigenvalue weighted by Crippen LogP contribution is 2.13. The van der Waals surface area contributed by atoms with Crippen molar-refractivity contribution in [1.29, 1.82) is 0 Å². The number of carbonyl (C=O) groups is 2. The van der Waals surface area contributed by atoms with Crippen LogP contribution in [0.15, 0.2) is 29.2 Å². The molecule has 23 heavy (non-hydrogen) atoms. The maximum absolute atomic E-state index is 12.0. The fraction of sp³-hybridized carbons (Fsp3) is 0.467. The Morgan fingerprint density at radius 1 is 1.26 bits per heavy atom. The lowest BCUT2D eigenvalue weighted by atomic mass is 10.1. The quantitative estimate of drug-likeness (QED) is 0.691. The summed E-state index contributed by atoms with van der Waals surface area (Å²) in [5.74, 6) is -1.60. The maximum atomic E-state index is 12.0. The number of nitrogens with one attached hydrogen (secondary N) is 1. The molecule has 1 atom stereocenters. The third kappa shape index (κ3) is 6.37. The Balaban J connectivity index is 2.65. The van der Waals surface area contributed by atoms with Crippen LogP contribution in [0.1, 0.15) is 23.7 Å². The number of hydrogen-bond donors (Lipinski definition) is 2. The number of amides is 1. The van der Waals surface area contributed by atoms with Crippen molar-refractivity contribution < 1.29 is 27.9 Å². The van der Waals surface area contributed by atoms with E-state index in [1.54, 1.807) is 6.92 Å². The molecule has 0 saturated carbocycles. The van der Waals surface area contributed by atoms with E-state index in [0.717, 1.165) is 0 Å². The molecule has 8 heteroatoms. The zero-order valence-corrected chi connectivity index (χ0v) is 13.9. The number of ether oxygens (including phenoxy) is 1. The highest BCUT2D eigenvalue weighted by atomic mass is 32.2. The van der Waals surface area contributed by atoms with Gasteiger partial charge in [0.25, 0.3) is 5.91 Å². The molecule has 0 bridgehead atoms. The Morgan fingerprint density at radius 3 is 2.39 bits per heavy atom. The molecular formula is C15H21NO6S. The molecule has 0 aliphatic heterocycles. The van der Waals surface area contributed by atoms with Crippen LogP contribution in [0.4, 0.5) is 0 Å². The van der Waals surface area contributed by atoms with Crippen molar-refractivity contribution in [2.24, 2.45) is 5.92 Å². The van der Waals surface area contributed by atoms with Crippen molar-refractivity contribution in [2.75, 3.05) is 26.0 Å². The highest BCUT2D eigenvalue weighted by molar-refractivity contribution is 7.91. The third-order valence-corrected chi connectivity index (χ3v) is 4.86. The van der Waals surface area contributed by atoms with Gasteiger partial charge < -0.3 is 15.2 Å². The van der Waals surface area contributed by atoms with Gasteiger partial charge in [-0.25, -0.2) is 8.42 Å². The first-order valence-corrected chi connectivity index (χ1v) is 8.73. The molecule has 1 unspecified atom stereocenters. The SMILES string of the molecule is COCCS(=O)(=O)c1ccc(C(=O)NCC(C)CC(=O)O)cc1. The van der Waals surface area contributed by atoms with Crippen molar-refractivity contribution in [3.05, 3.63) is 29.8 Å². The van der Waals surface area contributed by atoms with E-state index in [9.17, 15) is 18.0 Å². The van der Waals surface area contributed by atoms with Gasteiger partial charge in [-0.2, -0.15) is 0 Å². The second-order valence-corrected chi connectivity index (χ2v) is 7.36. The molecule has 0 aliphatic rings. The van der Waals surface area contributed by atoms with Gasteiger partial charge in [-0.05, 0) is 30.2 Å². The molecule has 1 aromatic carbocycles. The summed E-state index contributed by atoms with van der Waals surface area (Å²) in [5, 5.41) is 11.3. The molecule has 0 aromatic heterocycles. The minimum atomic E-state index is -3.43. The standard InChI is InChI=1S/C15H21NO6S/c1-11(9-14(17)18)10-16-15(19)12-3-5-13(6-4-12)23(20,21)8-7-22-2/h3-6,11H,7-10H2,1-2H3,(H,16,19)(H,17,18). The Labute approximate surface area is 135 Å². The zero-order valence-electron chi connectivity index (χ0n) is 13.1. The molecular weight excluding hydrogens is 322 g/mol. The van der Waals surface area contributed by atoms with E-state index in [1.165, 1.54) is 31.4 Å². The molecule has 0 aliphatic carbocycles. The minimum Gasteiger partial charge on any atom is -0.481 e. The summed E-state index contributed by atoms with van der Waals surface area (Å²) in [5.41, 5.74) is 0.318. The molecule has 1 rings (SSSR count). The zero-order chi connectivity index (χ0) is 17.5. The number of rotatable bonds is 9. The Morgan fingerprint density at radius 2 is 1.87 bits per heavy atom. The van der Waals surface area contributed by atoms with Gasteiger partial charge in [0.1, 0.15) is 0 Å². The van der Waals surface area contributed by atoms with E-state index in [1.807, 2.05) is 0 Å². The van der Waals surface area contributed by atoms with Crippen molar-refractivity contribution >= 4 is 21.7 Å². The lowest BCUT2D eigenvalue weighted by molar-refractivity contribution is -0.137. The van der Waals surface area contributed by atoms with Crippen LogP contribution < -0.4 is 5.32 Å². The summed E-state index contributed by atoms with van der Waals surface area (Å²) in [6.45, 7) is 2.06. The number of carbonyl (C=O) groups excluding carboxylic acids is 1. The molecule has 2 N–H and O–H groups in total. The van der Waals surface area contributed by atoms with Crippen molar-refractivity contribution in [2.45, 2.75) is 18.2 Å². The first-order valence-electron chi connectivity index (χ1n) is 7.08. The second-order valence-electron chi connectivity index (χ2n) is 5.25. The molecule has 1 amide bonds. The topological polar surface area (TPSA) is 110 Å². The van der Waals surface area contributed by atoms with E-state index in [4.69, 9.17) is 9.84 Å². The predicted molar refractivity (Wildman–Crippen MR) is 84.1 cm³/mol. The third-order valence-electron chi connectivity index (χ3n) is 3.17. The highest BCUT2D eigenvalue weighted by Gasteiger charge is 2.15. The molecule has 0 spiro atoms. The monoisotopic (exact) mass is 343 g/mol. The van der Waals surface area contributed by atoms with Crippen LogP contribution in [0.25, 0.3) is 0 Å². The Kier molecular flexibility index (Phi) is 7.18. The maximum Gasteiger partial charge on any atom is 0.303 e. The van der Waals surface area contributed by atoms with Crippen LogP contribution in [-0.4, -0.2) is 51.4 Å². The number of benzene rings is 1. The fourth-order valence-corrected chi connectivity index (χ4v) is 3.04. The van der Waals surface area contributed by atoms with Gasteiger partial charge in [-0.1, -0.05) is 6.92 Å². The van der Waals surface area contributed by atoms with Crippen LogP contribution in [0.2, 0.25) is 0 Å². The van der Waals surface area contributed by atoms with E-state index >= 15 is 0 Å². The summed E-state index contributed by atoms with van der Waals surface area (Å²) in [4.78, 5) is 22.6. The number of sulfone groups is 1. The number of hydrogen-bond acceptors (Lipinski definition) is 5. The Bertz CT molecular complexity index is 638. The molecule has 0 radical (unpaired) electrons. The molecule has 0 fully saturated rings. The first kappa shape index (κ1) is 19.1. The van der Waals surface area contributed by atoms with E-state index < -0.39 is 15.8 Å². The number of methoxy groups -OCH3 is 1. The molecule has 1 aromatic rings. The van der Waals surface area contributed by atoms with Gasteiger partial charge in [0.15, 0.2) is 9.84 Å². The molecule has 7 nitrogen and oxygen atoms in total. The van der Waals surface area contributed by atoms with Gasteiger partial charge in [0, 0.05) is 25.6 Å². The van der Waals surface area contributed by atoms with Gasteiger partial charge in [0.05, 0.1) is 17.3 Å².